The quantitative estimate of drug-likeness (QED) is 0.892. The predicted octanol–water partition coefficient (Wildman–Crippen LogP) is 4.29. The first-order chi connectivity index (χ1) is 8.99. The molecule has 0 aromatic heterocycles. The number of rotatable bonds is 3. The average molecular weight is 260 g/mol. The molecule has 100 valence electrons. The number of halogens is 1. The van der Waals surface area contributed by atoms with Crippen LogP contribution in [0.25, 0.3) is 0 Å². The minimum absolute atomic E-state index is 0.340. The maximum absolute atomic E-state index is 13.6. The largest absolute Gasteiger partial charge is 0.457 e. The fourth-order valence-corrected chi connectivity index (χ4v) is 1.87. The van der Waals surface area contributed by atoms with Crippen molar-refractivity contribution in [1.29, 1.82) is 0 Å². The highest BCUT2D eigenvalue weighted by atomic mass is 19.1. The van der Waals surface area contributed by atoms with Crippen LogP contribution in [0.15, 0.2) is 36.4 Å². The normalized spacial score (nSPS) is 12.3. The summed E-state index contributed by atoms with van der Waals surface area (Å²) in [6, 6.07) is 10.5. The molecule has 0 saturated carbocycles. The summed E-state index contributed by atoms with van der Waals surface area (Å²) in [5.41, 5.74) is 1.93. The van der Waals surface area contributed by atoms with Gasteiger partial charge in [0.05, 0.1) is 6.10 Å². The van der Waals surface area contributed by atoms with Crippen LogP contribution in [0, 0.1) is 19.7 Å². The topological polar surface area (TPSA) is 29.5 Å². The van der Waals surface area contributed by atoms with Gasteiger partial charge in [0, 0.05) is 5.56 Å². The molecule has 0 fully saturated rings. The lowest BCUT2D eigenvalue weighted by molar-refractivity contribution is 0.195. The smallest absolute Gasteiger partial charge is 0.133 e. The van der Waals surface area contributed by atoms with E-state index < -0.39 is 6.10 Å². The molecule has 3 heteroatoms. The molecular formula is C16H17FO2. The van der Waals surface area contributed by atoms with Gasteiger partial charge in [-0.15, -0.1) is 0 Å². The lowest BCUT2D eigenvalue weighted by atomic mass is 10.1. The third-order valence-corrected chi connectivity index (χ3v) is 3.05. The molecule has 0 aliphatic rings. The Morgan fingerprint density at radius 2 is 1.74 bits per heavy atom. The summed E-state index contributed by atoms with van der Waals surface area (Å²) in [5.74, 6) is 0.853. The van der Waals surface area contributed by atoms with Crippen molar-refractivity contribution in [3.63, 3.8) is 0 Å². The van der Waals surface area contributed by atoms with Gasteiger partial charge in [-0.3, -0.25) is 0 Å². The van der Waals surface area contributed by atoms with Gasteiger partial charge in [0.25, 0.3) is 0 Å². The van der Waals surface area contributed by atoms with Crippen LogP contribution in [0.4, 0.5) is 4.39 Å². The van der Waals surface area contributed by atoms with Crippen molar-refractivity contribution in [2.75, 3.05) is 0 Å². The molecule has 0 unspecified atom stereocenters. The Bertz CT molecular complexity index is 591. The van der Waals surface area contributed by atoms with Crippen molar-refractivity contribution in [2.45, 2.75) is 26.9 Å². The first kappa shape index (κ1) is 13.6. The molecule has 0 radical (unpaired) electrons. The van der Waals surface area contributed by atoms with Crippen LogP contribution in [-0.2, 0) is 0 Å². The summed E-state index contributed by atoms with van der Waals surface area (Å²) >= 11 is 0. The summed E-state index contributed by atoms with van der Waals surface area (Å²) in [7, 11) is 0. The molecule has 2 aromatic carbocycles. The minimum atomic E-state index is -0.783. The standard InChI is InChI=1S/C16H17FO2/c1-10-6-4-5-7-15(10)19-16-8-11(2)14(17)9-13(16)12(3)18/h4-9,12,18H,1-3H3/t12-/m1/s1. The number of hydrogen-bond acceptors (Lipinski definition) is 2. The number of aryl methyl sites for hydroxylation is 2. The van der Waals surface area contributed by atoms with Crippen LogP contribution < -0.4 is 4.74 Å². The zero-order valence-corrected chi connectivity index (χ0v) is 11.3. The van der Waals surface area contributed by atoms with Crippen LogP contribution in [0.1, 0.15) is 29.7 Å². The van der Waals surface area contributed by atoms with Gasteiger partial charge < -0.3 is 9.84 Å². The fourth-order valence-electron chi connectivity index (χ4n) is 1.87. The van der Waals surface area contributed by atoms with Crippen LogP contribution in [-0.4, -0.2) is 5.11 Å². The van der Waals surface area contributed by atoms with Crippen LogP contribution >= 0.6 is 0 Å². The Hall–Kier alpha value is -1.87. The number of aliphatic hydroxyl groups excluding tert-OH is 1. The Kier molecular flexibility index (Phi) is 3.86. The Morgan fingerprint density at radius 3 is 2.37 bits per heavy atom. The van der Waals surface area contributed by atoms with E-state index in [0.717, 1.165) is 5.56 Å². The molecule has 19 heavy (non-hydrogen) atoms. The van der Waals surface area contributed by atoms with E-state index in [1.54, 1.807) is 19.9 Å². The summed E-state index contributed by atoms with van der Waals surface area (Å²) in [4.78, 5) is 0. The van der Waals surface area contributed by atoms with Crippen molar-refractivity contribution in [1.82, 2.24) is 0 Å². The minimum Gasteiger partial charge on any atom is -0.457 e. The van der Waals surface area contributed by atoms with E-state index in [1.807, 2.05) is 31.2 Å². The van der Waals surface area contributed by atoms with E-state index in [2.05, 4.69) is 0 Å². The second kappa shape index (κ2) is 5.41. The third-order valence-electron chi connectivity index (χ3n) is 3.05. The number of ether oxygens (including phenoxy) is 1. The van der Waals surface area contributed by atoms with Crippen LogP contribution in [0.2, 0.25) is 0 Å². The zero-order valence-electron chi connectivity index (χ0n) is 11.3. The van der Waals surface area contributed by atoms with Crippen molar-refractivity contribution in [3.05, 3.63) is 58.9 Å². The highest BCUT2D eigenvalue weighted by Crippen LogP contribution is 2.33. The monoisotopic (exact) mass is 260 g/mol. The van der Waals surface area contributed by atoms with E-state index in [-0.39, 0.29) is 5.82 Å². The highest BCUT2D eigenvalue weighted by molar-refractivity contribution is 5.44. The van der Waals surface area contributed by atoms with Gasteiger partial charge >= 0.3 is 0 Å². The molecular weight excluding hydrogens is 243 g/mol. The lowest BCUT2D eigenvalue weighted by Gasteiger charge is -2.15. The maximum atomic E-state index is 13.6. The van der Waals surface area contributed by atoms with E-state index in [1.165, 1.54) is 6.07 Å². The molecule has 2 rings (SSSR count). The Labute approximate surface area is 112 Å². The lowest BCUT2D eigenvalue weighted by Crippen LogP contribution is -1.99. The maximum Gasteiger partial charge on any atom is 0.133 e. The van der Waals surface area contributed by atoms with Gasteiger partial charge in [0.15, 0.2) is 0 Å². The van der Waals surface area contributed by atoms with Gasteiger partial charge in [-0.2, -0.15) is 0 Å². The summed E-state index contributed by atoms with van der Waals surface area (Å²) < 4.78 is 19.4. The molecule has 0 aliphatic carbocycles. The molecule has 0 bridgehead atoms. The molecule has 0 amide bonds. The molecule has 0 spiro atoms. The average Bonchev–Trinajstić information content (AvgIpc) is 2.36. The summed E-state index contributed by atoms with van der Waals surface area (Å²) in [6.45, 7) is 5.20. The number of hydrogen-bond donors (Lipinski definition) is 1. The van der Waals surface area contributed by atoms with Gasteiger partial charge in [0.1, 0.15) is 17.3 Å². The third kappa shape index (κ3) is 2.93. The van der Waals surface area contributed by atoms with Gasteiger partial charge in [-0.1, -0.05) is 18.2 Å². The molecule has 0 heterocycles. The molecule has 1 atom stereocenters. The van der Waals surface area contributed by atoms with Gasteiger partial charge in [0.2, 0.25) is 0 Å². The van der Waals surface area contributed by atoms with E-state index >= 15 is 0 Å². The van der Waals surface area contributed by atoms with Crippen molar-refractivity contribution >= 4 is 0 Å². The molecule has 0 saturated heterocycles. The zero-order chi connectivity index (χ0) is 14.0. The second-order valence-electron chi connectivity index (χ2n) is 4.68. The fraction of sp³-hybridized carbons (Fsp3) is 0.250. The number of para-hydroxylation sites is 1. The predicted molar refractivity (Wildman–Crippen MR) is 73.0 cm³/mol. The first-order valence-corrected chi connectivity index (χ1v) is 6.20. The van der Waals surface area contributed by atoms with E-state index in [9.17, 15) is 9.50 Å². The van der Waals surface area contributed by atoms with Crippen LogP contribution in [0.3, 0.4) is 0 Å². The van der Waals surface area contributed by atoms with E-state index in [4.69, 9.17) is 4.74 Å². The highest BCUT2D eigenvalue weighted by Gasteiger charge is 2.14. The van der Waals surface area contributed by atoms with E-state index in [0.29, 0.717) is 22.6 Å². The number of aliphatic hydroxyl groups is 1. The van der Waals surface area contributed by atoms with Gasteiger partial charge in [-0.25, -0.2) is 4.39 Å². The SMILES string of the molecule is Cc1cc(Oc2ccccc2C)c([C@@H](C)O)cc1F. The molecule has 2 aromatic rings. The summed E-state index contributed by atoms with van der Waals surface area (Å²) in [5, 5.41) is 9.72. The van der Waals surface area contributed by atoms with Crippen molar-refractivity contribution in [3.8, 4) is 11.5 Å². The Balaban J connectivity index is 2.45. The molecule has 2 nitrogen and oxygen atoms in total. The number of benzene rings is 2. The Morgan fingerprint density at radius 1 is 1.05 bits per heavy atom. The van der Waals surface area contributed by atoms with Gasteiger partial charge in [-0.05, 0) is 50.1 Å². The second-order valence-corrected chi connectivity index (χ2v) is 4.68. The van der Waals surface area contributed by atoms with Crippen molar-refractivity contribution in [2.24, 2.45) is 0 Å². The summed E-state index contributed by atoms with van der Waals surface area (Å²) in [6.07, 6.45) is -0.783. The molecule has 1 N–H and O–H groups in total. The van der Waals surface area contributed by atoms with Crippen molar-refractivity contribution < 1.29 is 14.2 Å². The van der Waals surface area contributed by atoms with Crippen LogP contribution in [0.5, 0.6) is 11.5 Å². The first-order valence-electron chi connectivity index (χ1n) is 6.20. The molecule has 0 aliphatic heterocycles.